The maximum atomic E-state index is 12.0. The molecule has 0 bridgehead atoms. The molecule has 6 nitrogen and oxygen atoms in total. The summed E-state index contributed by atoms with van der Waals surface area (Å²) in [5.74, 6) is 0.437. The number of nitrogens with zero attached hydrogens (tertiary/aromatic N) is 2. The monoisotopic (exact) mass is 349 g/mol. The number of amides is 1. The predicted octanol–water partition coefficient (Wildman–Crippen LogP) is 2.37. The van der Waals surface area contributed by atoms with Gasteiger partial charge in [0.25, 0.3) is 5.91 Å². The van der Waals surface area contributed by atoms with Gasteiger partial charge in [0.2, 0.25) is 0 Å². The fraction of sp³-hybridized carbons (Fsp3) is 0.529. The Morgan fingerprint density at radius 2 is 2.38 bits per heavy atom. The van der Waals surface area contributed by atoms with Crippen LogP contribution >= 0.6 is 11.3 Å². The lowest BCUT2D eigenvalue weighted by Crippen LogP contribution is -2.25. The van der Waals surface area contributed by atoms with Gasteiger partial charge in [-0.25, -0.2) is 0 Å². The number of likely N-dealkylation sites (tertiary alicyclic amines) is 1. The van der Waals surface area contributed by atoms with Gasteiger partial charge in [0.1, 0.15) is 0 Å². The molecule has 2 aromatic heterocycles. The molecule has 1 aliphatic rings. The van der Waals surface area contributed by atoms with Crippen molar-refractivity contribution in [3.63, 3.8) is 0 Å². The largest absolute Gasteiger partial charge is 0.392 e. The van der Waals surface area contributed by atoms with Crippen molar-refractivity contribution in [3.05, 3.63) is 29.3 Å². The Kier molecular flexibility index (Phi) is 6.01. The second kappa shape index (κ2) is 8.41. The van der Waals surface area contributed by atoms with E-state index in [-0.39, 0.29) is 12.0 Å². The second-order valence-electron chi connectivity index (χ2n) is 6.11. The van der Waals surface area contributed by atoms with Gasteiger partial charge in [-0.3, -0.25) is 4.79 Å². The van der Waals surface area contributed by atoms with Crippen molar-refractivity contribution in [1.82, 2.24) is 15.4 Å². The molecule has 2 aromatic rings. The summed E-state index contributed by atoms with van der Waals surface area (Å²) in [7, 11) is 0. The highest BCUT2D eigenvalue weighted by atomic mass is 32.1. The van der Waals surface area contributed by atoms with Crippen molar-refractivity contribution in [2.45, 2.75) is 31.8 Å². The van der Waals surface area contributed by atoms with Crippen molar-refractivity contribution in [2.75, 3.05) is 26.2 Å². The number of aromatic nitrogens is 1. The Balaban J connectivity index is 1.31. The first-order valence-corrected chi connectivity index (χ1v) is 9.29. The average Bonchev–Trinajstić information content (AvgIpc) is 3.30. The summed E-state index contributed by atoms with van der Waals surface area (Å²) >= 11 is 1.55. The van der Waals surface area contributed by atoms with Crippen LogP contribution in [0.25, 0.3) is 10.6 Å². The molecule has 0 aromatic carbocycles. The van der Waals surface area contributed by atoms with Crippen LogP contribution in [0.2, 0.25) is 0 Å². The molecule has 0 spiro atoms. The van der Waals surface area contributed by atoms with E-state index in [0.29, 0.717) is 18.0 Å². The lowest BCUT2D eigenvalue weighted by Gasteiger charge is -2.14. The second-order valence-corrected chi connectivity index (χ2v) is 7.06. The van der Waals surface area contributed by atoms with E-state index < -0.39 is 0 Å². The lowest BCUT2D eigenvalue weighted by molar-refractivity contribution is 0.0943. The Labute approximate surface area is 145 Å². The van der Waals surface area contributed by atoms with Crippen molar-refractivity contribution in [1.29, 1.82) is 0 Å². The number of thiophene rings is 1. The zero-order valence-electron chi connectivity index (χ0n) is 13.6. The van der Waals surface area contributed by atoms with Gasteiger partial charge in [0, 0.05) is 25.7 Å². The molecule has 0 saturated carbocycles. The number of hydrogen-bond donors (Lipinski definition) is 2. The first kappa shape index (κ1) is 17.1. The molecule has 1 aliphatic heterocycles. The third-order valence-electron chi connectivity index (χ3n) is 4.19. The lowest BCUT2D eigenvalue weighted by atomic mass is 10.2. The van der Waals surface area contributed by atoms with E-state index in [1.807, 2.05) is 17.5 Å². The van der Waals surface area contributed by atoms with Gasteiger partial charge in [-0.05, 0) is 37.3 Å². The third-order valence-corrected chi connectivity index (χ3v) is 5.08. The maximum absolute atomic E-state index is 12.0. The first-order chi connectivity index (χ1) is 11.7. The highest BCUT2D eigenvalue weighted by Gasteiger charge is 2.19. The van der Waals surface area contributed by atoms with Crippen molar-refractivity contribution >= 4 is 17.2 Å². The molecule has 1 atom stereocenters. The molecule has 1 amide bonds. The molecule has 0 radical (unpaired) electrons. The van der Waals surface area contributed by atoms with E-state index in [1.54, 1.807) is 17.4 Å². The standard InChI is InChI=1S/C17H23N3O3S/c21-13-6-9-20(12-13)8-3-1-2-7-18-17(22)14-11-15(23-19-14)16-5-4-10-24-16/h4-5,10-11,13,21H,1-3,6-9,12H2,(H,18,22)/t13-/m0/s1. The summed E-state index contributed by atoms with van der Waals surface area (Å²) in [6.45, 7) is 3.47. The van der Waals surface area contributed by atoms with Crippen LogP contribution in [-0.4, -0.2) is 53.4 Å². The highest BCUT2D eigenvalue weighted by Crippen LogP contribution is 2.25. The van der Waals surface area contributed by atoms with Gasteiger partial charge in [-0.1, -0.05) is 17.6 Å². The Bertz CT molecular complexity index is 641. The smallest absolute Gasteiger partial charge is 0.273 e. The van der Waals surface area contributed by atoms with Crippen LogP contribution in [-0.2, 0) is 0 Å². The van der Waals surface area contributed by atoms with E-state index in [1.165, 1.54) is 0 Å². The minimum absolute atomic E-state index is 0.147. The molecule has 3 heterocycles. The summed E-state index contributed by atoms with van der Waals surface area (Å²) in [6, 6.07) is 5.55. The number of aliphatic hydroxyl groups is 1. The number of nitrogens with one attached hydrogen (secondary N) is 1. The molecular weight excluding hydrogens is 326 g/mol. The molecule has 2 N–H and O–H groups in total. The molecule has 130 valence electrons. The number of hydrogen-bond acceptors (Lipinski definition) is 6. The molecule has 1 saturated heterocycles. The molecule has 7 heteroatoms. The van der Waals surface area contributed by atoms with E-state index in [9.17, 15) is 9.90 Å². The number of aliphatic hydroxyl groups excluding tert-OH is 1. The molecule has 24 heavy (non-hydrogen) atoms. The van der Waals surface area contributed by atoms with Crippen molar-refractivity contribution in [2.24, 2.45) is 0 Å². The van der Waals surface area contributed by atoms with E-state index in [4.69, 9.17) is 4.52 Å². The molecule has 3 rings (SSSR count). The average molecular weight is 349 g/mol. The zero-order valence-corrected chi connectivity index (χ0v) is 14.4. The predicted molar refractivity (Wildman–Crippen MR) is 93.1 cm³/mol. The SMILES string of the molecule is O=C(NCCCCCN1CC[C@H](O)C1)c1cc(-c2cccs2)on1. The van der Waals surface area contributed by atoms with Crippen LogP contribution in [0.3, 0.4) is 0 Å². The summed E-state index contributed by atoms with van der Waals surface area (Å²) < 4.78 is 5.21. The summed E-state index contributed by atoms with van der Waals surface area (Å²) in [5.41, 5.74) is 0.324. The van der Waals surface area contributed by atoms with Crippen LogP contribution in [0, 0.1) is 0 Å². The minimum atomic E-state index is -0.191. The Morgan fingerprint density at radius 1 is 1.46 bits per heavy atom. The van der Waals surface area contributed by atoms with Gasteiger partial charge >= 0.3 is 0 Å². The molecular formula is C17H23N3O3S. The van der Waals surface area contributed by atoms with Crippen LogP contribution in [0.4, 0.5) is 0 Å². The molecule has 1 fully saturated rings. The molecule has 0 aliphatic carbocycles. The number of β-amino-alcohol motifs (C(OH)–C–C–N with tert-alkyl or cyclic N) is 1. The van der Waals surface area contributed by atoms with Gasteiger partial charge in [0.15, 0.2) is 11.5 Å². The summed E-state index contributed by atoms with van der Waals surface area (Å²) in [5, 5.41) is 18.1. The van der Waals surface area contributed by atoms with Crippen LogP contribution in [0.15, 0.2) is 28.1 Å². The van der Waals surface area contributed by atoms with Crippen LogP contribution in [0.5, 0.6) is 0 Å². The van der Waals surface area contributed by atoms with E-state index in [2.05, 4.69) is 15.4 Å². The fourth-order valence-electron chi connectivity index (χ4n) is 2.86. The summed E-state index contributed by atoms with van der Waals surface area (Å²) in [4.78, 5) is 15.3. The zero-order chi connectivity index (χ0) is 16.8. The van der Waals surface area contributed by atoms with Gasteiger partial charge < -0.3 is 19.8 Å². The highest BCUT2D eigenvalue weighted by molar-refractivity contribution is 7.13. The minimum Gasteiger partial charge on any atom is -0.392 e. The number of carbonyl (C=O) groups excluding carboxylic acids is 1. The van der Waals surface area contributed by atoms with Crippen LogP contribution < -0.4 is 5.32 Å². The topological polar surface area (TPSA) is 78.6 Å². The quantitative estimate of drug-likeness (QED) is 0.716. The number of rotatable bonds is 8. The number of carbonyl (C=O) groups is 1. The fourth-order valence-corrected chi connectivity index (χ4v) is 3.54. The van der Waals surface area contributed by atoms with Gasteiger partial charge in [-0.15, -0.1) is 11.3 Å². The Morgan fingerprint density at radius 3 is 3.12 bits per heavy atom. The third kappa shape index (κ3) is 4.66. The first-order valence-electron chi connectivity index (χ1n) is 8.41. The van der Waals surface area contributed by atoms with E-state index in [0.717, 1.165) is 50.2 Å². The van der Waals surface area contributed by atoms with Crippen molar-refractivity contribution in [3.8, 4) is 10.6 Å². The summed E-state index contributed by atoms with van der Waals surface area (Å²) in [6.07, 6.45) is 3.84. The van der Waals surface area contributed by atoms with E-state index >= 15 is 0 Å². The molecule has 0 unspecified atom stereocenters. The van der Waals surface area contributed by atoms with Crippen molar-refractivity contribution < 1.29 is 14.4 Å². The normalized spacial score (nSPS) is 18.1. The maximum Gasteiger partial charge on any atom is 0.273 e. The number of unbranched alkanes of at least 4 members (excludes halogenated alkanes) is 2. The Hall–Kier alpha value is -1.70. The van der Waals surface area contributed by atoms with Gasteiger partial charge in [-0.2, -0.15) is 0 Å². The van der Waals surface area contributed by atoms with Gasteiger partial charge in [0.05, 0.1) is 11.0 Å². The van der Waals surface area contributed by atoms with Crippen LogP contribution in [0.1, 0.15) is 36.2 Å².